The van der Waals surface area contributed by atoms with Crippen LogP contribution in [0.5, 0.6) is 0 Å². The number of pyridine rings is 1. The van der Waals surface area contributed by atoms with Gasteiger partial charge in [0.2, 0.25) is 0 Å². The van der Waals surface area contributed by atoms with Gasteiger partial charge >= 0.3 is 0 Å². The van der Waals surface area contributed by atoms with E-state index in [0.29, 0.717) is 22.8 Å². The van der Waals surface area contributed by atoms with Gasteiger partial charge in [-0.3, -0.25) is 14.7 Å². The monoisotopic (exact) mass is 398 g/mol. The van der Waals surface area contributed by atoms with Crippen LogP contribution in [-0.4, -0.2) is 15.9 Å². The molecule has 0 fully saturated rings. The number of thiazole rings is 1. The van der Waals surface area contributed by atoms with E-state index in [4.69, 9.17) is 10.2 Å². The zero-order valence-electron chi connectivity index (χ0n) is 16.1. The zero-order valence-corrected chi connectivity index (χ0v) is 16.9. The van der Waals surface area contributed by atoms with Gasteiger partial charge in [-0.05, 0) is 67.4 Å². The van der Waals surface area contributed by atoms with Crippen molar-refractivity contribution in [2.45, 2.75) is 20.4 Å². The Bertz CT molecular complexity index is 1220. The van der Waals surface area contributed by atoms with E-state index in [0.717, 1.165) is 21.5 Å². The third kappa shape index (κ3) is 3.73. The molecular formula is C23H18N4OS. The average Bonchev–Trinajstić information content (AvgIpc) is 3.20. The van der Waals surface area contributed by atoms with Crippen molar-refractivity contribution in [3.05, 3.63) is 88.7 Å². The number of carbonyl (C=O) groups is 1. The normalized spacial score (nSPS) is 10.7. The lowest BCUT2D eigenvalue weighted by Gasteiger charge is -2.19. The summed E-state index contributed by atoms with van der Waals surface area (Å²) in [5, 5.41) is 9.65. The predicted molar refractivity (Wildman–Crippen MR) is 115 cm³/mol. The molecule has 6 heteroatoms. The summed E-state index contributed by atoms with van der Waals surface area (Å²) in [6.07, 6.45) is 1.71. The fourth-order valence-electron chi connectivity index (χ4n) is 3.05. The highest BCUT2D eigenvalue weighted by atomic mass is 32.1. The van der Waals surface area contributed by atoms with E-state index in [1.54, 1.807) is 35.4 Å². The van der Waals surface area contributed by atoms with Crippen molar-refractivity contribution in [1.29, 1.82) is 5.26 Å². The quantitative estimate of drug-likeness (QED) is 0.484. The summed E-state index contributed by atoms with van der Waals surface area (Å²) in [6.45, 7) is 4.42. The zero-order chi connectivity index (χ0) is 20.4. The van der Waals surface area contributed by atoms with Gasteiger partial charge < -0.3 is 0 Å². The van der Waals surface area contributed by atoms with Crippen molar-refractivity contribution in [2.75, 3.05) is 4.90 Å². The molecule has 2 aromatic carbocycles. The molecule has 0 radical (unpaired) electrons. The van der Waals surface area contributed by atoms with E-state index in [1.807, 2.05) is 31.2 Å². The van der Waals surface area contributed by atoms with Gasteiger partial charge in [0.05, 0.1) is 34.1 Å². The first kappa shape index (κ1) is 18.8. The van der Waals surface area contributed by atoms with Crippen molar-refractivity contribution in [3.8, 4) is 6.07 Å². The van der Waals surface area contributed by atoms with Gasteiger partial charge in [-0.25, -0.2) is 4.98 Å². The highest BCUT2D eigenvalue weighted by Crippen LogP contribution is 2.33. The number of benzene rings is 2. The predicted octanol–water partition coefficient (Wildman–Crippen LogP) is 5.03. The Hall–Kier alpha value is -3.56. The Morgan fingerprint density at radius 1 is 1.10 bits per heavy atom. The molecule has 0 aliphatic heterocycles. The number of aromatic nitrogens is 2. The Morgan fingerprint density at radius 3 is 2.59 bits per heavy atom. The van der Waals surface area contributed by atoms with Gasteiger partial charge in [0.1, 0.15) is 0 Å². The fourth-order valence-corrected chi connectivity index (χ4v) is 4.08. The molecular weight excluding hydrogens is 380 g/mol. The number of carbonyl (C=O) groups excluding carboxylic acids is 1. The van der Waals surface area contributed by atoms with Crippen molar-refractivity contribution in [2.24, 2.45) is 0 Å². The van der Waals surface area contributed by atoms with E-state index >= 15 is 0 Å². The van der Waals surface area contributed by atoms with Gasteiger partial charge in [-0.2, -0.15) is 5.26 Å². The second-order valence-electron chi connectivity index (χ2n) is 6.75. The summed E-state index contributed by atoms with van der Waals surface area (Å²) >= 11 is 1.49. The molecule has 2 aromatic heterocycles. The van der Waals surface area contributed by atoms with E-state index in [2.05, 4.69) is 24.0 Å². The lowest BCUT2D eigenvalue weighted by atomic mass is 10.1. The number of hydrogen-bond donors (Lipinski definition) is 0. The first-order valence-electron chi connectivity index (χ1n) is 9.15. The highest BCUT2D eigenvalue weighted by Gasteiger charge is 2.23. The van der Waals surface area contributed by atoms with E-state index in [-0.39, 0.29) is 5.91 Å². The second-order valence-corrected chi connectivity index (χ2v) is 7.76. The number of anilines is 1. The molecule has 0 bridgehead atoms. The molecule has 0 spiro atoms. The van der Waals surface area contributed by atoms with Crippen molar-refractivity contribution in [1.82, 2.24) is 9.97 Å². The number of fused-ring (bicyclic) bond motifs is 1. The summed E-state index contributed by atoms with van der Waals surface area (Å²) in [4.78, 5) is 24.2. The molecule has 2 heterocycles. The summed E-state index contributed by atoms with van der Waals surface area (Å²) < 4.78 is 1.04. The minimum absolute atomic E-state index is 0.173. The third-order valence-corrected chi connectivity index (χ3v) is 5.90. The third-order valence-electron chi connectivity index (χ3n) is 4.86. The van der Waals surface area contributed by atoms with Crippen LogP contribution < -0.4 is 4.90 Å². The Kier molecular flexibility index (Phi) is 5.07. The van der Waals surface area contributed by atoms with Crippen LogP contribution in [0.25, 0.3) is 10.2 Å². The molecule has 142 valence electrons. The summed E-state index contributed by atoms with van der Waals surface area (Å²) in [6, 6.07) is 18.5. The Labute approximate surface area is 172 Å². The largest absolute Gasteiger partial charge is 0.278 e. The van der Waals surface area contributed by atoms with Crippen LogP contribution in [-0.2, 0) is 6.54 Å². The Morgan fingerprint density at radius 2 is 1.90 bits per heavy atom. The molecule has 0 aliphatic rings. The lowest BCUT2D eigenvalue weighted by Crippen LogP contribution is -2.30. The molecule has 4 rings (SSSR count). The van der Waals surface area contributed by atoms with Crippen molar-refractivity contribution < 1.29 is 4.79 Å². The second kappa shape index (κ2) is 7.82. The maximum atomic E-state index is 13.4. The van der Waals surface area contributed by atoms with Crippen LogP contribution in [0.1, 0.15) is 32.7 Å². The van der Waals surface area contributed by atoms with Gasteiger partial charge in [-0.15, -0.1) is 0 Å². The first-order valence-corrected chi connectivity index (χ1v) is 9.97. The molecule has 0 atom stereocenters. The summed E-state index contributed by atoms with van der Waals surface area (Å²) in [5.74, 6) is -0.173. The fraction of sp³-hybridized carbons (Fsp3) is 0.130. The molecule has 0 saturated heterocycles. The molecule has 0 N–H and O–H groups in total. The minimum Gasteiger partial charge on any atom is -0.278 e. The molecule has 0 aliphatic carbocycles. The number of aryl methyl sites for hydroxylation is 2. The maximum absolute atomic E-state index is 13.4. The van der Waals surface area contributed by atoms with Crippen LogP contribution in [0, 0.1) is 25.2 Å². The van der Waals surface area contributed by atoms with Crippen LogP contribution in [0.3, 0.4) is 0 Å². The summed E-state index contributed by atoms with van der Waals surface area (Å²) in [5.41, 5.74) is 5.01. The van der Waals surface area contributed by atoms with Crippen LogP contribution in [0.2, 0.25) is 0 Å². The number of rotatable bonds is 4. The van der Waals surface area contributed by atoms with Crippen molar-refractivity contribution >= 4 is 32.6 Å². The van der Waals surface area contributed by atoms with E-state index in [9.17, 15) is 4.79 Å². The molecule has 1 amide bonds. The molecule has 4 aromatic rings. The topological polar surface area (TPSA) is 69.9 Å². The molecule has 5 nitrogen and oxygen atoms in total. The number of amides is 1. The smallest absolute Gasteiger partial charge is 0.260 e. The standard InChI is InChI=1S/C23H18N4OS/c1-15-6-11-20-21(16(15)2)26-23(29-20)27(14-19-5-3-4-12-25-19)22(28)18-9-7-17(13-24)8-10-18/h3-12H,14H2,1-2H3. The molecule has 0 unspecified atom stereocenters. The van der Waals surface area contributed by atoms with Crippen LogP contribution in [0.15, 0.2) is 60.8 Å². The van der Waals surface area contributed by atoms with E-state index in [1.165, 1.54) is 16.9 Å². The van der Waals surface area contributed by atoms with Crippen LogP contribution in [0.4, 0.5) is 5.13 Å². The first-order chi connectivity index (χ1) is 14.1. The average molecular weight is 398 g/mol. The summed E-state index contributed by atoms with van der Waals surface area (Å²) in [7, 11) is 0. The van der Waals surface area contributed by atoms with Crippen LogP contribution >= 0.6 is 11.3 Å². The number of hydrogen-bond acceptors (Lipinski definition) is 5. The molecule has 29 heavy (non-hydrogen) atoms. The van der Waals surface area contributed by atoms with Gasteiger partial charge in [0, 0.05) is 11.8 Å². The van der Waals surface area contributed by atoms with E-state index < -0.39 is 0 Å². The van der Waals surface area contributed by atoms with Crippen molar-refractivity contribution in [3.63, 3.8) is 0 Å². The highest BCUT2D eigenvalue weighted by molar-refractivity contribution is 7.22. The number of nitrogens with zero attached hydrogens (tertiary/aromatic N) is 4. The van der Waals surface area contributed by atoms with Gasteiger partial charge in [0.25, 0.3) is 5.91 Å². The maximum Gasteiger partial charge on any atom is 0.260 e. The van der Waals surface area contributed by atoms with Gasteiger partial charge in [0.15, 0.2) is 5.13 Å². The molecule has 0 saturated carbocycles. The Balaban J connectivity index is 1.78. The minimum atomic E-state index is -0.173. The SMILES string of the molecule is Cc1ccc2sc(N(Cc3ccccn3)C(=O)c3ccc(C#N)cc3)nc2c1C. The van der Waals surface area contributed by atoms with Gasteiger partial charge in [-0.1, -0.05) is 23.5 Å². The lowest BCUT2D eigenvalue weighted by molar-refractivity contribution is 0.0985. The number of nitriles is 1.